The minimum absolute atomic E-state index is 0.323. The summed E-state index contributed by atoms with van der Waals surface area (Å²) in [6, 6.07) is 0. The molecule has 4 nitrogen and oxygen atoms in total. The molecule has 1 aromatic heterocycles. The van der Waals surface area contributed by atoms with Gasteiger partial charge in [-0.05, 0) is 30.5 Å². The Morgan fingerprint density at radius 2 is 1.62 bits per heavy atom. The van der Waals surface area contributed by atoms with Gasteiger partial charge in [0.1, 0.15) is 8.07 Å². The minimum atomic E-state index is -1.82. The summed E-state index contributed by atoms with van der Waals surface area (Å²) in [7, 11) is -1.82. The van der Waals surface area contributed by atoms with Crippen LogP contribution >= 0.6 is 0 Å². The number of nitrogens with zero attached hydrogens (tertiary/aromatic N) is 1. The quantitative estimate of drug-likeness (QED) is 0.642. The first-order chi connectivity index (χ1) is 9.71. The standard InChI is InChI=1S/C16H30N2O2Si/c1-9-20-16(19)14-13(8)15(18-17-14)21(10(2)3,11(4)5)12(6)7/h10-12H,9H2,1-8H3,(H,17,18). The van der Waals surface area contributed by atoms with Gasteiger partial charge >= 0.3 is 5.97 Å². The molecule has 1 N–H and O–H groups in total. The molecule has 0 aliphatic rings. The summed E-state index contributed by atoms with van der Waals surface area (Å²) < 4.78 is 5.11. The van der Waals surface area contributed by atoms with Gasteiger partial charge in [-0.2, -0.15) is 5.10 Å². The number of aromatic amines is 1. The molecule has 120 valence electrons. The second kappa shape index (κ2) is 6.77. The normalized spacial score (nSPS) is 12.5. The van der Waals surface area contributed by atoms with E-state index in [1.807, 2.05) is 13.8 Å². The van der Waals surface area contributed by atoms with Gasteiger partial charge in [-0.3, -0.25) is 5.10 Å². The largest absolute Gasteiger partial charge is 0.461 e. The molecule has 0 bridgehead atoms. The van der Waals surface area contributed by atoms with E-state index in [0.717, 1.165) is 5.56 Å². The number of ether oxygens (including phenoxy) is 1. The maximum Gasteiger partial charge on any atom is 0.359 e. The van der Waals surface area contributed by atoms with Crippen LogP contribution in [0.15, 0.2) is 0 Å². The molecule has 1 aromatic rings. The lowest BCUT2D eigenvalue weighted by atomic mass is 10.3. The Morgan fingerprint density at radius 3 is 2.00 bits per heavy atom. The Labute approximate surface area is 129 Å². The Morgan fingerprint density at radius 1 is 1.14 bits per heavy atom. The zero-order valence-corrected chi connectivity index (χ0v) is 15.7. The molecule has 1 rings (SSSR count). The lowest BCUT2D eigenvalue weighted by Crippen LogP contribution is -2.57. The Balaban J connectivity index is 3.44. The number of carbonyl (C=O) groups is 1. The van der Waals surface area contributed by atoms with Gasteiger partial charge in [0.2, 0.25) is 0 Å². The zero-order chi connectivity index (χ0) is 16.4. The van der Waals surface area contributed by atoms with Crippen molar-refractivity contribution in [1.82, 2.24) is 10.2 Å². The van der Waals surface area contributed by atoms with E-state index < -0.39 is 8.07 Å². The first kappa shape index (κ1) is 17.9. The number of esters is 1. The highest BCUT2D eigenvalue weighted by atomic mass is 28.3. The smallest absolute Gasteiger partial charge is 0.359 e. The minimum Gasteiger partial charge on any atom is -0.461 e. The second-order valence-electron chi connectivity index (χ2n) is 6.69. The molecule has 0 saturated carbocycles. The van der Waals surface area contributed by atoms with E-state index in [2.05, 4.69) is 51.7 Å². The van der Waals surface area contributed by atoms with Crippen LogP contribution in [0.5, 0.6) is 0 Å². The van der Waals surface area contributed by atoms with E-state index in [0.29, 0.717) is 28.9 Å². The maximum atomic E-state index is 12.0. The molecule has 0 aliphatic heterocycles. The average Bonchev–Trinajstić information content (AvgIpc) is 2.72. The van der Waals surface area contributed by atoms with E-state index in [9.17, 15) is 4.79 Å². The van der Waals surface area contributed by atoms with Crippen molar-refractivity contribution in [2.24, 2.45) is 0 Å². The predicted molar refractivity (Wildman–Crippen MR) is 90.0 cm³/mol. The topological polar surface area (TPSA) is 55.0 Å². The molecule has 0 fully saturated rings. The van der Waals surface area contributed by atoms with E-state index in [-0.39, 0.29) is 5.97 Å². The van der Waals surface area contributed by atoms with Crippen molar-refractivity contribution >= 4 is 19.4 Å². The van der Waals surface area contributed by atoms with Crippen LogP contribution in [0, 0.1) is 6.92 Å². The highest BCUT2D eigenvalue weighted by Gasteiger charge is 2.47. The van der Waals surface area contributed by atoms with Gasteiger partial charge < -0.3 is 4.74 Å². The third kappa shape index (κ3) is 2.93. The fourth-order valence-corrected chi connectivity index (χ4v) is 10.8. The number of aromatic nitrogens is 2. The number of hydrogen-bond acceptors (Lipinski definition) is 3. The summed E-state index contributed by atoms with van der Waals surface area (Å²) in [6.45, 7) is 18.0. The van der Waals surface area contributed by atoms with Crippen molar-refractivity contribution < 1.29 is 9.53 Å². The highest BCUT2D eigenvalue weighted by molar-refractivity contribution is 6.94. The van der Waals surface area contributed by atoms with Crippen LogP contribution in [-0.4, -0.2) is 30.8 Å². The van der Waals surface area contributed by atoms with Crippen molar-refractivity contribution in [3.8, 4) is 0 Å². The first-order valence-corrected chi connectivity index (χ1v) is 10.2. The third-order valence-electron chi connectivity index (χ3n) is 4.78. The molecular formula is C16H30N2O2Si. The summed E-state index contributed by atoms with van der Waals surface area (Å²) in [6.07, 6.45) is 0. The number of nitrogens with one attached hydrogen (secondary N) is 1. The van der Waals surface area contributed by atoms with Crippen LogP contribution in [-0.2, 0) is 4.74 Å². The van der Waals surface area contributed by atoms with Crippen LogP contribution in [0.1, 0.15) is 64.5 Å². The van der Waals surface area contributed by atoms with Crippen LogP contribution in [0.4, 0.5) is 0 Å². The molecule has 0 atom stereocenters. The molecular weight excluding hydrogens is 280 g/mol. The molecule has 0 aromatic carbocycles. The zero-order valence-electron chi connectivity index (χ0n) is 14.7. The average molecular weight is 311 g/mol. The summed E-state index contributed by atoms with van der Waals surface area (Å²) in [5, 5.41) is 8.71. The molecule has 1 heterocycles. The monoisotopic (exact) mass is 310 g/mol. The lowest BCUT2D eigenvalue weighted by Gasteiger charge is -2.42. The summed E-state index contributed by atoms with van der Waals surface area (Å²) in [5.74, 6) is -0.323. The van der Waals surface area contributed by atoms with Crippen molar-refractivity contribution in [1.29, 1.82) is 0 Å². The number of H-pyrrole nitrogens is 1. The fraction of sp³-hybridized carbons (Fsp3) is 0.750. The van der Waals surface area contributed by atoms with E-state index in [4.69, 9.17) is 4.74 Å². The fourth-order valence-electron chi connectivity index (χ4n) is 4.08. The molecule has 5 heteroatoms. The van der Waals surface area contributed by atoms with Crippen molar-refractivity contribution in [2.45, 2.75) is 72.0 Å². The number of carbonyl (C=O) groups excluding carboxylic acids is 1. The van der Waals surface area contributed by atoms with Crippen LogP contribution in [0.3, 0.4) is 0 Å². The van der Waals surface area contributed by atoms with Gasteiger partial charge in [0, 0.05) is 10.9 Å². The van der Waals surface area contributed by atoms with E-state index in [1.165, 1.54) is 5.32 Å². The Kier molecular flexibility index (Phi) is 5.79. The van der Waals surface area contributed by atoms with Gasteiger partial charge in [0.25, 0.3) is 0 Å². The first-order valence-electron chi connectivity index (χ1n) is 7.93. The predicted octanol–water partition coefficient (Wildman–Crippen LogP) is 3.78. The van der Waals surface area contributed by atoms with Crippen LogP contribution in [0.2, 0.25) is 16.6 Å². The van der Waals surface area contributed by atoms with Crippen molar-refractivity contribution in [2.75, 3.05) is 6.61 Å². The number of rotatable bonds is 6. The van der Waals surface area contributed by atoms with Crippen molar-refractivity contribution in [3.63, 3.8) is 0 Å². The summed E-state index contributed by atoms with van der Waals surface area (Å²) in [5.41, 5.74) is 3.16. The summed E-state index contributed by atoms with van der Waals surface area (Å²) in [4.78, 5) is 12.0. The van der Waals surface area contributed by atoms with E-state index >= 15 is 0 Å². The molecule has 21 heavy (non-hydrogen) atoms. The van der Waals surface area contributed by atoms with Crippen LogP contribution in [0.25, 0.3) is 0 Å². The lowest BCUT2D eigenvalue weighted by molar-refractivity contribution is 0.0518. The van der Waals surface area contributed by atoms with Crippen LogP contribution < -0.4 is 5.32 Å². The summed E-state index contributed by atoms with van der Waals surface area (Å²) >= 11 is 0. The van der Waals surface area contributed by atoms with Gasteiger partial charge in [0.05, 0.1) is 6.61 Å². The second-order valence-corrected chi connectivity index (χ2v) is 12.5. The molecule has 0 saturated heterocycles. The third-order valence-corrected chi connectivity index (χ3v) is 11.9. The van der Waals surface area contributed by atoms with Gasteiger partial charge in [-0.15, -0.1) is 0 Å². The van der Waals surface area contributed by atoms with Gasteiger partial charge in [-0.1, -0.05) is 41.5 Å². The SMILES string of the molecule is CCOC(=O)c1n[nH]c([Si](C(C)C)(C(C)C)C(C)C)c1C. The molecule has 0 radical (unpaired) electrons. The molecule has 0 amide bonds. The highest BCUT2D eigenvalue weighted by Crippen LogP contribution is 2.41. The Bertz CT molecular complexity index is 471. The maximum absolute atomic E-state index is 12.0. The Hall–Kier alpha value is -1.10. The molecule has 0 aliphatic carbocycles. The van der Waals surface area contributed by atoms with Gasteiger partial charge in [-0.25, -0.2) is 4.79 Å². The van der Waals surface area contributed by atoms with Crippen molar-refractivity contribution in [3.05, 3.63) is 11.3 Å². The molecule has 0 unspecified atom stereocenters. The molecule has 0 spiro atoms. The van der Waals surface area contributed by atoms with Gasteiger partial charge in [0.15, 0.2) is 5.69 Å². The number of hydrogen-bond donors (Lipinski definition) is 1. The van der Waals surface area contributed by atoms with E-state index in [1.54, 1.807) is 0 Å².